The van der Waals surface area contributed by atoms with Gasteiger partial charge < -0.3 is 14.9 Å². The summed E-state index contributed by atoms with van der Waals surface area (Å²) >= 11 is 0. The Labute approximate surface area is 77.0 Å². The van der Waals surface area contributed by atoms with Gasteiger partial charge in [0.25, 0.3) is 0 Å². The molecule has 0 aromatic rings. The molecule has 0 aliphatic rings. The predicted octanol–water partition coefficient (Wildman–Crippen LogP) is -0.996. The molecule has 0 heterocycles. The van der Waals surface area contributed by atoms with Gasteiger partial charge in [-0.15, -0.1) is 0 Å². The van der Waals surface area contributed by atoms with Crippen molar-refractivity contribution in [3.63, 3.8) is 0 Å². The summed E-state index contributed by atoms with van der Waals surface area (Å²) in [6.07, 6.45) is -2.04. The van der Waals surface area contributed by atoms with Crippen LogP contribution in [0.5, 0.6) is 0 Å². The van der Waals surface area contributed by atoms with Gasteiger partial charge in [0.05, 0.1) is 6.61 Å². The fraction of sp³-hybridized carbons (Fsp3) is 0.625. The summed E-state index contributed by atoms with van der Waals surface area (Å²) in [5, 5.41) is 20.3. The molecule has 5 nitrogen and oxygen atoms in total. The highest BCUT2D eigenvalue weighted by Crippen LogP contribution is 2.00. The number of nitrogens with one attached hydrogen (secondary N) is 1. The molecule has 0 fully saturated rings. The van der Waals surface area contributed by atoms with Crippen LogP contribution in [0.3, 0.4) is 0 Å². The summed E-state index contributed by atoms with van der Waals surface area (Å²) in [5.74, 6) is -0.605. The fourth-order valence-electron chi connectivity index (χ4n) is 0.642. The molecule has 0 amide bonds. The Bertz CT molecular complexity index is 193. The van der Waals surface area contributed by atoms with Crippen LogP contribution in [0.25, 0.3) is 0 Å². The third-order valence-electron chi connectivity index (χ3n) is 1.40. The van der Waals surface area contributed by atoms with Crippen LogP contribution in [0.2, 0.25) is 0 Å². The van der Waals surface area contributed by atoms with Gasteiger partial charge in [0, 0.05) is 5.57 Å². The van der Waals surface area contributed by atoms with Crippen LogP contribution >= 0.6 is 0 Å². The molecule has 0 aliphatic carbocycles. The Kier molecular flexibility index (Phi) is 5.29. The quantitative estimate of drug-likeness (QED) is 0.294. The van der Waals surface area contributed by atoms with Gasteiger partial charge in [-0.2, -0.15) is 0 Å². The molecule has 2 atom stereocenters. The Morgan fingerprint density at radius 2 is 2.23 bits per heavy atom. The maximum absolute atomic E-state index is 11.0. The zero-order valence-electron chi connectivity index (χ0n) is 7.78. The molecule has 76 valence electrons. The lowest BCUT2D eigenvalue weighted by Gasteiger charge is -2.20. The van der Waals surface area contributed by atoms with Gasteiger partial charge in [-0.1, -0.05) is 6.58 Å². The van der Waals surface area contributed by atoms with E-state index in [-0.39, 0.29) is 5.57 Å². The van der Waals surface area contributed by atoms with E-state index in [1.807, 2.05) is 0 Å². The molecular formula is C8H15NO4. The highest BCUT2D eigenvalue weighted by atomic mass is 16.6. The molecule has 0 radical (unpaired) electrons. The van der Waals surface area contributed by atoms with Gasteiger partial charge in [0.1, 0.15) is 6.10 Å². The third-order valence-corrected chi connectivity index (χ3v) is 1.40. The molecular weight excluding hydrogens is 174 g/mol. The van der Waals surface area contributed by atoms with Crippen LogP contribution in [-0.2, 0) is 9.53 Å². The fourth-order valence-corrected chi connectivity index (χ4v) is 0.642. The largest absolute Gasteiger partial charge is 0.440 e. The topological polar surface area (TPSA) is 78.8 Å². The third kappa shape index (κ3) is 4.02. The van der Waals surface area contributed by atoms with E-state index < -0.39 is 24.9 Å². The van der Waals surface area contributed by atoms with Crippen molar-refractivity contribution in [3.8, 4) is 0 Å². The SMILES string of the molecule is C=C(C)C(=O)OC(NC)C(O)CO. The van der Waals surface area contributed by atoms with Crippen LogP contribution in [0, 0.1) is 0 Å². The molecule has 0 aromatic heterocycles. The van der Waals surface area contributed by atoms with Crippen LogP contribution in [-0.4, -0.2) is 42.2 Å². The number of esters is 1. The predicted molar refractivity (Wildman–Crippen MR) is 46.8 cm³/mol. The molecule has 0 rings (SSSR count). The number of carbonyl (C=O) groups is 1. The first-order chi connectivity index (χ1) is 6.02. The molecule has 0 aliphatic heterocycles. The lowest BCUT2D eigenvalue weighted by molar-refractivity contribution is -0.154. The van der Waals surface area contributed by atoms with Crippen molar-refractivity contribution >= 4 is 5.97 Å². The summed E-state index contributed by atoms with van der Waals surface area (Å²) in [6.45, 7) is 4.40. The first-order valence-corrected chi connectivity index (χ1v) is 3.85. The smallest absolute Gasteiger partial charge is 0.334 e. The molecule has 0 saturated heterocycles. The lowest BCUT2D eigenvalue weighted by atomic mass is 10.3. The number of hydrogen-bond donors (Lipinski definition) is 3. The summed E-state index contributed by atoms with van der Waals surface area (Å²) in [6, 6.07) is 0. The second kappa shape index (κ2) is 5.69. The van der Waals surface area contributed by atoms with E-state index in [4.69, 9.17) is 14.9 Å². The average molecular weight is 189 g/mol. The molecule has 0 saturated carbocycles. The number of rotatable bonds is 5. The van der Waals surface area contributed by atoms with Crippen molar-refractivity contribution in [1.29, 1.82) is 0 Å². The number of aliphatic hydroxyl groups excluding tert-OH is 2. The maximum atomic E-state index is 11.0. The zero-order chi connectivity index (χ0) is 10.4. The van der Waals surface area contributed by atoms with Gasteiger partial charge in [0.2, 0.25) is 0 Å². The monoisotopic (exact) mass is 189 g/mol. The van der Waals surface area contributed by atoms with Gasteiger partial charge >= 0.3 is 5.97 Å². The van der Waals surface area contributed by atoms with Crippen LogP contribution < -0.4 is 5.32 Å². The summed E-state index contributed by atoms with van der Waals surface area (Å²) in [5.41, 5.74) is 0.241. The van der Waals surface area contributed by atoms with E-state index in [2.05, 4.69) is 11.9 Å². The minimum atomic E-state index is -1.13. The van der Waals surface area contributed by atoms with Crippen molar-refractivity contribution < 1.29 is 19.7 Å². The molecule has 3 N–H and O–H groups in total. The minimum Gasteiger partial charge on any atom is -0.440 e. The summed E-state index contributed by atoms with van der Waals surface area (Å²) < 4.78 is 4.75. The van der Waals surface area contributed by atoms with Crippen molar-refractivity contribution in [1.82, 2.24) is 5.32 Å². The minimum absolute atomic E-state index is 0.241. The van der Waals surface area contributed by atoms with Gasteiger partial charge in [0.15, 0.2) is 6.23 Å². The summed E-state index contributed by atoms with van der Waals surface area (Å²) in [4.78, 5) is 11.0. The highest BCUT2D eigenvalue weighted by molar-refractivity contribution is 5.87. The Balaban J connectivity index is 4.12. The number of hydrogen-bond acceptors (Lipinski definition) is 5. The Hall–Kier alpha value is -0.910. The Morgan fingerprint density at radius 1 is 1.69 bits per heavy atom. The molecule has 13 heavy (non-hydrogen) atoms. The van der Waals surface area contributed by atoms with E-state index in [1.165, 1.54) is 14.0 Å². The average Bonchev–Trinajstić information content (AvgIpc) is 2.12. The maximum Gasteiger partial charge on any atom is 0.334 e. The van der Waals surface area contributed by atoms with E-state index in [9.17, 15) is 4.79 Å². The number of aliphatic hydroxyl groups is 2. The van der Waals surface area contributed by atoms with Crippen LogP contribution in [0.15, 0.2) is 12.2 Å². The van der Waals surface area contributed by atoms with E-state index in [1.54, 1.807) is 0 Å². The zero-order valence-corrected chi connectivity index (χ0v) is 7.78. The van der Waals surface area contributed by atoms with E-state index in [0.29, 0.717) is 0 Å². The highest BCUT2D eigenvalue weighted by Gasteiger charge is 2.20. The number of likely N-dealkylation sites (N-methyl/N-ethyl adjacent to an activating group) is 1. The van der Waals surface area contributed by atoms with Gasteiger partial charge in [-0.3, -0.25) is 5.32 Å². The standard InChI is InChI=1S/C8H15NO4/c1-5(2)8(12)13-7(9-3)6(11)4-10/h6-7,9-11H,1,4H2,2-3H3. The van der Waals surface area contributed by atoms with Crippen molar-refractivity contribution in [2.75, 3.05) is 13.7 Å². The second-order valence-corrected chi connectivity index (χ2v) is 2.64. The van der Waals surface area contributed by atoms with E-state index in [0.717, 1.165) is 0 Å². The van der Waals surface area contributed by atoms with Gasteiger partial charge in [-0.05, 0) is 14.0 Å². The second-order valence-electron chi connectivity index (χ2n) is 2.64. The number of carbonyl (C=O) groups excluding carboxylic acids is 1. The molecule has 5 heteroatoms. The van der Waals surface area contributed by atoms with Crippen LogP contribution in [0.4, 0.5) is 0 Å². The summed E-state index contributed by atoms with van der Waals surface area (Å²) in [7, 11) is 1.51. The molecule has 0 bridgehead atoms. The Morgan fingerprint density at radius 3 is 2.54 bits per heavy atom. The molecule has 0 spiro atoms. The lowest BCUT2D eigenvalue weighted by Crippen LogP contribution is -2.43. The number of ether oxygens (including phenoxy) is 1. The molecule has 0 aromatic carbocycles. The molecule has 2 unspecified atom stereocenters. The first kappa shape index (κ1) is 12.1. The normalized spacial score (nSPS) is 14.8. The van der Waals surface area contributed by atoms with E-state index >= 15 is 0 Å². The van der Waals surface area contributed by atoms with Gasteiger partial charge in [-0.25, -0.2) is 4.79 Å². The van der Waals surface area contributed by atoms with Crippen molar-refractivity contribution in [2.24, 2.45) is 0 Å². The van der Waals surface area contributed by atoms with Crippen molar-refractivity contribution in [2.45, 2.75) is 19.3 Å². The van der Waals surface area contributed by atoms with Crippen LogP contribution in [0.1, 0.15) is 6.92 Å². The first-order valence-electron chi connectivity index (χ1n) is 3.85. The van der Waals surface area contributed by atoms with Crippen molar-refractivity contribution in [3.05, 3.63) is 12.2 Å².